The lowest BCUT2D eigenvalue weighted by atomic mass is 10.1. The second-order valence-corrected chi connectivity index (χ2v) is 4.59. The number of carbonyl (C=O) groups excluding carboxylic acids is 1. The Kier molecular flexibility index (Phi) is 3.05. The van der Waals surface area contributed by atoms with Crippen LogP contribution in [0.3, 0.4) is 0 Å². The monoisotopic (exact) mass is 253 g/mol. The molecule has 1 heterocycles. The summed E-state index contributed by atoms with van der Waals surface area (Å²) in [6.45, 7) is 0.562. The molecule has 0 spiro atoms. The summed E-state index contributed by atoms with van der Waals surface area (Å²) in [6.07, 6.45) is -0.288. The Morgan fingerprint density at radius 3 is 2.47 bits per heavy atom. The van der Waals surface area contributed by atoms with E-state index in [4.69, 9.17) is 4.74 Å². The Morgan fingerprint density at radius 2 is 1.74 bits per heavy atom. The zero-order valence-electron chi connectivity index (χ0n) is 10.7. The molecular formula is C16H15NO2. The van der Waals surface area contributed by atoms with Gasteiger partial charge in [-0.2, -0.15) is 0 Å². The first kappa shape index (κ1) is 11.9. The Morgan fingerprint density at radius 1 is 1.05 bits per heavy atom. The largest absolute Gasteiger partial charge is 0.357 e. The van der Waals surface area contributed by atoms with Gasteiger partial charge in [0.15, 0.2) is 6.23 Å². The van der Waals surface area contributed by atoms with Crippen molar-refractivity contribution in [2.45, 2.75) is 12.8 Å². The molecule has 0 aliphatic carbocycles. The normalized spacial score (nSPS) is 17.6. The van der Waals surface area contributed by atoms with Gasteiger partial charge in [-0.25, -0.2) is 0 Å². The van der Waals surface area contributed by atoms with Gasteiger partial charge in [0.2, 0.25) is 0 Å². The van der Waals surface area contributed by atoms with Gasteiger partial charge < -0.3 is 9.64 Å². The molecule has 2 aromatic rings. The van der Waals surface area contributed by atoms with Gasteiger partial charge in [0, 0.05) is 24.8 Å². The average molecular weight is 253 g/mol. The first-order valence-electron chi connectivity index (χ1n) is 6.28. The molecule has 1 amide bonds. The van der Waals surface area contributed by atoms with Gasteiger partial charge in [0.25, 0.3) is 5.91 Å². The third-order valence-electron chi connectivity index (χ3n) is 3.42. The van der Waals surface area contributed by atoms with Crippen molar-refractivity contribution in [1.82, 2.24) is 4.90 Å². The second-order valence-electron chi connectivity index (χ2n) is 4.59. The van der Waals surface area contributed by atoms with Crippen LogP contribution in [0.1, 0.15) is 27.7 Å². The molecule has 1 aliphatic rings. The van der Waals surface area contributed by atoms with E-state index in [2.05, 4.69) is 0 Å². The van der Waals surface area contributed by atoms with Crippen LogP contribution in [-0.2, 0) is 11.3 Å². The highest BCUT2D eigenvalue weighted by atomic mass is 16.5. The van der Waals surface area contributed by atoms with E-state index in [1.807, 2.05) is 54.6 Å². The lowest BCUT2D eigenvalue weighted by Crippen LogP contribution is -2.28. The van der Waals surface area contributed by atoms with Crippen molar-refractivity contribution in [2.24, 2.45) is 0 Å². The third-order valence-corrected chi connectivity index (χ3v) is 3.42. The molecule has 96 valence electrons. The average Bonchev–Trinajstić information content (AvgIpc) is 2.73. The minimum Gasteiger partial charge on any atom is -0.357 e. The van der Waals surface area contributed by atoms with Gasteiger partial charge in [0.05, 0.1) is 0 Å². The van der Waals surface area contributed by atoms with E-state index >= 15 is 0 Å². The molecule has 0 unspecified atom stereocenters. The van der Waals surface area contributed by atoms with Crippen molar-refractivity contribution in [3.05, 3.63) is 71.3 Å². The quantitative estimate of drug-likeness (QED) is 0.841. The van der Waals surface area contributed by atoms with Gasteiger partial charge >= 0.3 is 0 Å². The van der Waals surface area contributed by atoms with Crippen molar-refractivity contribution in [2.75, 3.05) is 7.11 Å². The van der Waals surface area contributed by atoms with Crippen molar-refractivity contribution >= 4 is 5.91 Å². The van der Waals surface area contributed by atoms with Crippen LogP contribution in [0.25, 0.3) is 0 Å². The van der Waals surface area contributed by atoms with E-state index < -0.39 is 0 Å². The SMILES string of the molecule is CO[C@@H]1c2ccccc2C(=O)N1Cc1ccccc1. The standard InChI is InChI=1S/C16H15NO2/c1-19-16-14-10-6-5-9-13(14)15(18)17(16)11-12-7-3-2-4-8-12/h2-10,16H,11H2,1H3/t16-/m1/s1. The topological polar surface area (TPSA) is 29.5 Å². The molecule has 0 radical (unpaired) electrons. The van der Waals surface area contributed by atoms with Crippen LogP contribution in [0.15, 0.2) is 54.6 Å². The number of fused-ring (bicyclic) bond motifs is 1. The number of carbonyl (C=O) groups is 1. The van der Waals surface area contributed by atoms with Crippen LogP contribution < -0.4 is 0 Å². The molecule has 0 bridgehead atoms. The molecule has 3 rings (SSSR count). The smallest absolute Gasteiger partial charge is 0.256 e. The number of benzene rings is 2. The molecule has 1 atom stereocenters. The van der Waals surface area contributed by atoms with Crippen LogP contribution in [0.5, 0.6) is 0 Å². The number of methoxy groups -OCH3 is 1. The molecular weight excluding hydrogens is 238 g/mol. The molecule has 19 heavy (non-hydrogen) atoms. The number of hydrogen-bond acceptors (Lipinski definition) is 2. The van der Waals surface area contributed by atoms with Gasteiger partial charge in [-0.3, -0.25) is 4.79 Å². The van der Waals surface area contributed by atoms with Crippen molar-refractivity contribution in [3.63, 3.8) is 0 Å². The predicted molar refractivity (Wildman–Crippen MR) is 72.5 cm³/mol. The summed E-state index contributed by atoms with van der Waals surface area (Å²) in [7, 11) is 1.64. The second kappa shape index (κ2) is 4.86. The van der Waals surface area contributed by atoms with Gasteiger partial charge in [-0.05, 0) is 11.6 Å². The number of nitrogens with zero attached hydrogens (tertiary/aromatic N) is 1. The molecule has 0 saturated heterocycles. The Hall–Kier alpha value is -2.13. The number of rotatable bonds is 3. The van der Waals surface area contributed by atoms with Gasteiger partial charge in [0.1, 0.15) is 0 Å². The summed E-state index contributed by atoms with van der Waals surface area (Å²) in [4.78, 5) is 14.2. The fraction of sp³-hybridized carbons (Fsp3) is 0.188. The van der Waals surface area contributed by atoms with Crippen LogP contribution in [0.2, 0.25) is 0 Å². The van der Waals surface area contributed by atoms with Crippen LogP contribution in [0, 0.1) is 0 Å². The highest BCUT2D eigenvalue weighted by Crippen LogP contribution is 2.34. The van der Waals surface area contributed by atoms with Crippen molar-refractivity contribution in [1.29, 1.82) is 0 Å². The van der Waals surface area contributed by atoms with Gasteiger partial charge in [-0.15, -0.1) is 0 Å². The maximum absolute atomic E-state index is 12.4. The highest BCUT2D eigenvalue weighted by Gasteiger charge is 2.36. The summed E-state index contributed by atoms with van der Waals surface area (Å²) < 4.78 is 5.50. The van der Waals surface area contributed by atoms with Crippen molar-refractivity contribution < 1.29 is 9.53 Å². The van der Waals surface area contributed by atoms with Crippen LogP contribution in [0.4, 0.5) is 0 Å². The van der Waals surface area contributed by atoms with E-state index in [9.17, 15) is 4.79 Å². The van der Waals surface area contributed by atoms with E-state index in [1.165, 1.54) is 0 Å². The first-order chi connectivity index (χ1) is 9.31. The lowest BCUT2D eigenvalue weighted by molar-refractivity contribution is -0.0162. The molecule has 0 aromatic heterocycles. The predicted octanol–water partition coefficient (Wildman–Crippen LogP) is 2.99. The lowest BCUT2D eigenvalue weighted by Gasteiger charge is -2.24. The molecule has 3 heteroatoms. The van der Waals surface area contributed by atoms with Crippen LogP contribution in [-0.4, -0.2) is 17.9 Å². The molecule has 2 aromatic carbocycles. The first-order valence-corrected chi connectivity index (χ1v) is 6.28. The number of hydrogen-bond donors (Lipinski definition) is 0. The summed E-state index contributed by atoms with van der Waals surface area (Å²) in [5.74, 6) is 0.0336. The van der Waals surface area contributed by atoms with E-state index in [0.717, 1.165) is 16.7 Å². The summed E-state index contributed by atoms with van der Waals surface area (Å²) in [5.41, 5.74) is 2.79. The Labute approximate surface area is 112 Å². The maximum atomic E-state index is 12.4. The summed E-state index contributed by atoms with van der Waals surface area (Å²) in [6, 6.07) is 17.6. The van der Waals surface area contributed by atoms with Crippen LogP contribution >= 0.6 is 0 Å². The van der Waals surface area contributed by atoms with E-state index in [0.29, 0.717) is 6.54 Å². The summed E-state index contributed by atoms with van der Waals surface area (Å²) >= 11 is 0. The van der Waals surface area contributed by atoms with E-state index in [-0.39, 0.29) is 12.1 Å². The Bertz CT molecular complexity index is 595. The maximum Gasteiger partial charge on any atom is 0.256 e. The van der Waals surface area contributed by atoms with Gasteiger partial charge in [-0.1, -0.05) is 48.5 Å². The Balaban J connectivity index is 1.93. The minimum atomic E-state index is -0.288. The molecule has 0 N–H and O–H groups in total. The minimum absolute atomic E-state index is 0.0336. The van der Waals surface area contributed by atoms with E-state index in [1.54, 1.807) is 12.0 Å². The number of ether oxygens (including phenoxy) is 1. The fourth-order valence-electron chi connectivity index (χ4n) is 2.53. The molecule has 1 aliphatic heterocycles. The highest BCUT2D eigenvalue weighted by molar-refractivity contribution is 5.98. The van der Waals surface area contributed by atoms with Crippen molar-refractivity contribution in [3.8, 4) is 0 Å². The fourth-order valence-corrected chi connectivity index (χ4v) is 2.53. The zero-order valence-corrected chi connectivity index (χ0v) is 10.7. The molecule has 0 saturated carbocycles. The number of amides is 1. The molecule has 3 nitrogen and oxygen atoms in total. The molecule has 0 fully saturated rings. The third kappa shape index (κ3) is 2.02. The summed E-state index contributed by atoms with van der Waals surface area (Å²) in [5, 5.41) is 0. The zero-order chi connectivity index (χ0) is 13.2.